The van der Waals surface area contributed by atoms with E-state index in [4.69, 9.17) is 11.6 Å². The maximum absolute atomic E-state index is 13.2. The molecule has 6 heteroatoms. The van der Waals surface area contributed by atoms with Gasteiger partial charge in [-0.25, -0.2) is 4.39 Å². The maximum Gasteiger partial charge on any atom is 0.253 e. The predicted octanol–water partition coefficient (Wildman–Crippen LogP) is 2.38. The Morgan fingerprint density at radius 2 is 2.28 bits per heavy atom. The van der Waals surface area contributed by atoms with E-state index in [1.165, 1.54) is 18.2 Å². The molecule has 1 atom stereocenters. The van der Waals surface area contributed by atoms with Crippen LogP contribution in [0.25, 0.3) is 0 Å². The minimum absolute atomic E-state index is 0. The van der Waals surface area contributed by atoms with Gasteiger partial charge in [-0.1, -0.05) is 17.7 Å². The van der Waals surface area contributed by atoms with Gasteiger partial charge < -0.3 is 10.6 Å². The van der Waals surface area contributed by atoms with E-state index >= 15 is 0 Å². The molecule has 1 aliphatic heterocycles. The lowest BCUT2D eigenvalue weighted by Crippen LogP contribution is -2.45. The van der Waals surface area contributed by atoms with Gasteiger partial charge in [0.15, 0.2) is 0 Å². The summed E-state index contributed by atoms with van der Waals surface area (Å²) in [5.41, 5.74) is 0.192. The van der Waals surface area contributed by atoms with E-state index in [1.54, 1.807) is 0 Å². The molecule has 1 amide bonds. The van der Waals surface area contributed by atoms with E-state index < -0.39 is 5.82 Å². The number of hydrogen-bond acceptors (Lipinski definition) is 2. The number of rotatable bonds is 2. The number of nitrogens with one attached hydrogen (secondary N) is 2. The zero-order chi connectivity index (χ0) is 12.3. The summed E-state index contributed by atoms with van der Waals surface area (Å²) >= 11 is 5.75. The largest absolute Gasteiger partial charge is 0.348 e. The van der Waals surface area contributed by atoms with Crippen molar-refractivity contribution >= 4 is 29.9 Å². The highest BCUT2D eigenvalue weighted by Crippen LogP contribution is 2.19. The Labute approximate surface area is 116 Å². The topological polar surface area (TPSA) is 41.1 Å². The van der Waals surface area contributed by atoms with Crippen molar-refractivity contribution in [2.45, 2.75) is 18.9 Å². The van der Waals surface area contributed by atoms with Crippen LogP contribution in [0.2, 0.25) is 5.02 Å². The van der Waals surface area contributed by atoms with Gasteiger partial charge in [-0.3, -0.25) is 4.79 Å². The molecule has 100 valence electrons. The number of hydrogen-bond donors (Lipinski definition) is 2. The Morgan fingerprint density at radius 3 is 2.94 bits per heavy atom. The average Bonchev–Trinajstić information content (AvgIpc) is 2.34. The van der Waals surface area contributed by atoms with E-state index in [9.17, 15) is 9.18 Å². The van der Waals surface area contributed by atoms with Crippen LogP contribution in [0.15, 0.2) is 18.2 Å². The van der Waals surface area contributed by atoms with Crippen molar-refractivity contribution in [3.05, 3.63) is 34.6 Å². The summed E-state index contributed by atoms with van der Waals surface area (Å²) in [5, 5.41) is 5.93. The molecule has 0 radical (unpaired) electrons. The number of halogens is 3. The molecular weight excluding hydrogens is 278 g/mol. The summed E-state index contributed by atoms with van der Waals surface area (Å²) in [7, 11) is 0. The SMILES string of the molecule is Cl.O=C(NC1CCCNC1)c1cccc(F)c1Cl. The number of amides is 1. The Balaban J connectivity index is 0.00000162. The van der Waals surface area contributed by atoms with E-state index in [1.807, 2.05) is 0 Å². The van der Waals surface area contributed by atoms with Crippen LogP contribution in [0.1, 0.15) is 23.2 Å². The second-order valence-corrected chi connectivity index (χ2v) is 4.50. The average molecular weight is 293 g/mol. The molecule has 2 rings (SSSR count). The van der Waals surface area contributed by atoms with Crippen LogP contribution in [-0.4, -0.2) is 25.0 Å². The Bertz CT molecular complexity index is 423. The third-order valence-corrected chi connectivity index (χ3v) is 3.21. The third-order valence-electron chi connectivity index (χ3n) is 2.83. The number of carbonyl (C=O) groups is 1. The Kier molecular flexibility index (Phi) is 5.85. The molecule has 1 aromatic carbocycles. The van der Waals surface area contributed by atoms with Crippen molar-refractivity contribution in [3.63, 3.8) is 0 Å². The van der Waals surface area contributed by atoms with Gasteiger partial charge in [0.2, 0.25) is 0 Å². The van der Waals surface area contributed by atoms with Crippen molar-refractivity contribution in [1.82, 2.24) is 10.6 Å². The summed E-state index contributed by atoms with van der Waals surface area (Å²) in [6.07, 6.45) is 1.97. The van der Waals surface area contributed by atoms with Crippen molar-refractivity contribution in [2.24, 2.45) is 0 Å². The van der Waals surface area contributed by atoms with Crippen LogP contribution in [-0.2, 0) is 0 Å². The molecule has 18 heavy (non-hydrogen) atoms. The molecule has 2 N–H and O–H groups in total. The van der Waals surface area contributed by atoms with Crippen LogP contribution in [0, 0.1) is 5.82 Å². The van der Waals surface area contributed by atoms with Gasteiger partial charge in [-0.2, -0.15) is 0 Å². The smallest absolute Gasteiger partial charge is 0.253 e. The highest BCUT2D eigenvalue weighted by molar-refractivity contribution is 6.34. The molecule has 0 aromatic heterocycles. The molecule has 3 nitrogen and oxygen atoms in total. The fraction of sp³-hybridized carbons (Fsp3) is 0.417. The monoisotopic (exact) mass is 292 g/mol. The van der Waals surface area contributed by atoms with Crippen molar-refractivity contribution in [1.29, 1.82) is 0 Å². The molecule has 1 saturated heterocycles. The molecule has 1 aromatic rings. The van der Waals surface area contributed by atoms with Gasteiger partial charge >= 0.3 is 0 Å². The second-order valence-electron chi connectivity index (χ2n) is 4.12. The zero-order valence-electron chi connectivity index (χ0n) is 9.71. The quantitative estimate of drug-likeness (QED) is 0.879. The summed E-state index contributed by atoms with van der Waals surface area (Å²) in [5.74, 6) is -0.885. The minimum Gasteiger partial charge on any atom is -0.348 e. The molecular formula is C12H15Cl2FN2O. The molecule has 1 unspecified atom stereocenters. The predicted molar refractivity (Wildman–Crippen MR) is 72.0 cm³/mol. The lowest BCUT2D eigenvalue weighted by atomic mass is 10.1. The summed E-state index contributed by atoms with van der Waals surface area (Å²) in [6, 6.07) is 4.34. The van der Waals surface area contributed by atoms with Gasteiger partial charge in [0.25, 0.3) is 5.91 Å². The van der Waals surface area contributed by atoms with Crippen molar-refractivity contribution in [2.75, 3.05) is 13.1 Å². The maximum atomic E-state index is 13.2. The van der Waals surface area contributed by atoms with Gasteiger partial charge in [-0.15, -0.1) is 12.4 Å². The second kappa shape index (κ2) is 6.92. The Morgan fingerprint density at radius 1 is 1.50 bits per heavy atom. The first kappa shape index (κ1) is 15.2. The summed E-state index contributed by atoms with van der Waals surface area (Å²) in [6.45, 7) is 1.73. The van der Waals surface area contributed by atoms with Gasteiger partial charge in [0.1, 0.15) is 5.82 Å². The fourth-order valence-electron chi connectivity index (χ4n) is 1.92. The van der Waals surface area contributed by atoms with E-state index in [0.29, 0.717) is 0 Å². The summed E-state index contributed by atoms with van der Waals surface area (Å²) in [4.78, 5) is 11.9. The standard InChI is InChI=1S/C12H14ClFN2O.ClH/c13-11-9(4-1-5-10(11)14)12(17)16-8-3-2-6-15-7-8;/h1,4-5,8,15H,2-3,6-7H2,(H,16,17);1H. The first-order valence-electron chi connectivity index (χ1n) is 5.64. The van der Waals surface area contributed by atoms with Gasteiger partial charge in [0, 0.05) is 12.6 Å². The minimum atomic E-state index is -0.568. The normalized spacial score (nSPS) is 18.9. The molecule has 0 bridgehead atoms. The van der Waals surface area contributed by atoms with Crippen LogP contribution in [0.3, 0.4) is 0 Å². The molecule has 0 spiro atoms. The van der Waals surface area contributed by atoms with Crippen LogP contribution in [0.4, 0.5) is 4.39 Å². The first-order valence-corrected chi connectivity index (χ1v) is 6.02. The van der Waals surface area contributed by atoms with E-state index in [-0.39, 0.29) is 34.9 Å². The van der Waals surface area contributed by atoms with Gasteiger partial charge in [-0.05, 0) is 31.5 Å². The molecule has 1 heterocycles. The van der Waals surface area contributed by atoms with Crippen molar-refractivity contribution in [3.8, 4) is 0 Å². The molecule has 0 saturated carbocycles. The lowest BCUT2D eigenvalue weighted by molar-refractivity contribution is 0.0930. The highest BCUT2D eigenvalue weighted by atomic mass is 35.5. The molecule has 1 aliphatic rings. The van der Waals surface area contributed by atoms with Crippen molar-refractivity contribution < 1.29 is 9.18 Å². The first-order chi connectivity index (χ1) is 8.18. The zero-order valence-corrected chi connectivity index (χ0v) is 11.3. The van der Waals surface area contributed by atoms with Crippen LogP contribution in [0.5, 0.6) is 0 Å². The highest BCUT2D eigenvalue weighted by Gasteiger charge is 2.18. The lowest BCUT2D eigenvalue weighted by Gasteiger charge is -2.23. The summed E-state index contributed by atoms with van der Waals surface area (Å²) < 4.78 is 13.2. The van der Waals surface area contributed by atoms with Crippen LogP contribution < -0.4 is 10.6 Å². The van der Waals surface area contributed by atoms with E-state index in [0.717, 1.165) is 25.9 Å². The van der Waals surface area contributed by atoms with Crippen LogP contribution >= 0.6 is 24.0 Å². The molecule has 1 fully saturated rings. The number of benzene rings is 1. The number of piperidine rings is 1. The molecule has 0 aliphatic carbocycles. The third kappa shape index (κ3) is 3.57. The number of carbonyl (C=O) groups excluding carboxylic acids is 1. The van der Waals surface area contributed by atoms with Gasteiger partial charge in [0.05, 0.1) is 10.6 Å². The Hall–Kier alpha value is -0.840. The fourth-order valence-corrected chi connectivity index (χ4v) is 2.13. The van der Waals surface area contributed by atoms with E-state index in [2.05, 4.69) is 10.6 Å².